The summed E-state index contributed by atoms with van der Waals surface area (Å²) in [5.41, 5.74) is 2.12. The van der Waals surface area contributed by atoms with Crippen LogP contribution in [0.2, 0.25) is 0 Å². The van der Waals surface area contributed by atoms with Crippen LogP contribution in [0.25, 0.3) is 0 Å². The third-order valence-corrected chi connectivity index (χ3v) is 3.45. The summed E-state index contributed by atoms with van der Waals surface area (Å²) in [6.45, 7) is 3.22. The van der Waals surface area contributed by atoms with Gasteiger partial charge in [0.15, 0.2) is 18.2 Å². The van der Waals surface area contributed by atoms with E-state index in [0.29, 0.717) is 13.2 Å². The predicted octanol–water partition coefficient (Wildman–Crippen LogP) is 2.51. The van der Waals surface area contributed by atoms with E-state index in [0.717, 1.165) is 11.1 Å². The molecule has 0 spiro atoms. The number of pyridine rings is 1. The fraction of sp³-hybridized carbons (Fsp3) is 0.500. The number of H-pyrrole nitrogens is 1. The Morgan fingerprint density at radius 1 is 1.40 bits per heavy atom. The van der Waals surface area contributed by atoms with E-state index in [4.69, 9.17) is 9.47 Å². The Kier molecular flexibility index (Phi) is 3.45. The van der Waals surface area contributed by atoms with Crippen LogP contribution in [0, 0.1) is 0 Å². The molecule has 0 bridgehead atoms. The highest BCUT2D eigenvalue weighted by molar-refractivity contribution is 9.24. The van der Waals surface area contributed by atoms with Gasteiger partial charge in [-0.05, 0) is 12.5 Å². The zero-order valence-corrected chi connectivity index (χ0v) is 11.5. The van der Waals surface area contributed by atoms with Crippen LogP contribution in [-0.4, -0.2) is 13.2 Å². The predicted molar refractivity (Wildman–Crippen MR) is 62.8 cm³/mol. The number of nitrogens with one attached hydrogen (secondary N) is 1. The van der Waals surface area contributed by atoms with Gasteiger partial charge in [0, 0.05) is 6.07 Å². The minimum atomic E-state index is -0.632. The molecule has 0 atom stereocenters. The zero-order valence-electron chi connectivity index (χ0n) is 8.30. The monoisotopic (exact) mass is 336 g/mol. The molecule has 5 heteroatoms. The molecule has 82 valence electrons. The summed E-state index contributed by atoms with van der Waals surface area (Å²) in [7, 11) is 0. The first-order valence-corrected chi connectivity index (χ1v) is 6.53. The van der Waals surface area contributed by atoms with Crippen LogP contribution in [0.15, 0.2) is 18.5 Å². The molecule has 1 aromatic rings. The van der Waals surface area contributed by atoms with Crippen LogP contribution in [0.3, 0.4) is 0 Å². The van der Waals surface area contributed by atoms with E-state index in [-0.39, 0.29) is 3.74 Å². The van der Waals surface area contributed by atoms with Crippen molar-refractivity contribution in [1.29, 1.82) is 0 Å². The summed E-state index contributed by atoms with van der Waals surface area (Å²) >= 11 is 6.99. The first kappa shape index (κ1) is 11.5. The second-order valence-corrected chi connectivity index (χ2v) is 6.52. The van der Waals surface area contributed by atoms with E-state index in [1.165, 1.54) is 0 Å². The van der Waals surface area contributed by atoms with Gasteiger partial charge in [0.05, 0.1) is 22.5 Å². The highest BCUT2D eigenvalue weighted by atomic mass is 79.9. The second-order valence-electron chi connectivity index (χ2n) is 3.46. The molecule has 0 unspecified atom stereocenters. The van der Waals surface area contributed by atoms with Crippen molar-refractivity contribution in [3.63, 3.8) is 0 Å². The Bertz CT molecular complexity index is 351. The smallest absolute Gasteiger partial charge is 0.198 e. The summed E-state index contributed by atoms with van der Waals surface area (Å²) in [4.78, 5) is 3.06. The standard InChI is InChI=1S/C10H11Br2NO2/c1-10(14-4-5-15-10)8-6-13-3-2-7(8)9(11)12/h2-3,6,9H,4-5H2,1H3/p+1. The second kappa shape index (κ2) is 4.49. The van der Waals surface area contributed by atoms with E-state index in [2.05, 4.69) is 36.8 Å². The number of halogens is 2. The lowest BCUT2D eigenvalue weighted by atomic mass is 10.0. The molecule has 0 aliphatic carbocycles. The largest absolute Gasteiger partial charge is 0.343 e. The molecular formula is C10H12Br2NO2+. The molecule has 0 saturated carbocycles. The first-order chi connectivity index (χ1) is 7.13. The lowest BCUT2D eigenvalue weighted by Gasteiger charge is -2.23. The Labute approximate surface area is 105 Å². The molecule has 15 heavy (non-hydrogen) atoms. The average molecular weight is 338 g/mol. The van der Waals surface area contributed by atoms with Gasteiger partial charge >= 0.3 is 0 Å². The fourth-order valence-corrected chi connectivity index (χ4v) is 2.49. The molecule has 3 nitrogen and oxygen atoms in total. The van der Waals surface area contributed by atoms with Gasteiger partial charge in [0.2, 0.25) is 0 Å². The maximum Gasteiger partial charge on any atom is 0.198 e. The molecule has 0 radical (unpaired) electrons. The lowest BCUT2D eigenvalue weighted by Crippen LogP contribution is -2.26. The van der Waals surface area contributed by atoms with Crippen LogP contribution in [-0.2, 0) is 15.3 Å². The van der Waals surface area contributed by atoms with Crippen molar-refractivity contribution in [2.24, 2.45) is 0 Å². The number of hydrogen-bond acceptors (Lipinski definition) is 2. The highest BCUT2D eigenvalue weighted by Gasteiger charge is 2.37. The molecule has 2 rings (SSSR count). The molecule has 0 amide bonds. The number of alkyl halides is 2. The van der Waals surface area contributed by atoms with Gasteiger partial charge in [-0.1, -0.05) is 31.9 Å². The van der Waals surface area contributed by atoms with Crippen molar-refractivity contribution in [2.75, 3.05) is 13.2 Å². The van der Waals surface area contributed by atoms with Crippen LogP contribution in [0.5, 0.6) is 0 Å². The SMILES string of the molecule is CC1(c2c[nH+]ccc2C(Br)Br)OCCO1. The maximum absolute atomic E-state index is 5.63. The molecule has 1 aliphatic heterocycles. The van der Waals surface area contributed by atoms with E-state index in [9.17, 15) is 0 Å². The molecule has 1 aliphatic rings. The molecule has 2 heterocycles. The lowest BCUT2D eigenvalue weighted by molar-refractivity contribution is -0.381. The molecule has 1 aromatic heterocycles. The number of ether oxygens (including phenoxy) is 2. The number of aromatic amines is 1. The minimum Gasteiger partial charge on any atom is -0.343 e. The Morgan fingerprint density at radius 3 is 2.67 bits per heavy atom. The zero-order chi connectivity index (χ0) is 10.9. The third-order valence-electron chi connectivity index (χ3n) is 2.46. The van der Waals surface area contributed by atoms with E-state index in [1.807, 2.05) is 25.4 Å². The van der Waals surface area contributed by atoms with Crippen molar-refractivity contribution in [1.82, 2.24) is 0 Å². The third kappa shape index (κ3) is 2.25. The van der Waals surface area contributed by atoms with Gasteiger partial charge in [0.25, 0.3) is 0 Å². The molecule has 1 N–H and O–H groups in total. The van der Waals surface area contributed by atoms with Crippen molar-refractivity contribution in [3.05, 3.63) is 29.6 Å². The van der Waals surface area contributed by atoms with Crippen LogP contribution < -0.4 is 4.98 Å². The normalized spacial score (nSPS) is 19.7. The van der Waals surface area contributed by atoms with Gasteiger partial charge < -0.3 is 9.47 Å². The molecule has 0 aromatic carbocycles. The van der Waals surface area contributed by atoms with Crippen molar-refractivity contribution < 1.29 is 14.5 Å². The Morgan fingerprint density at radius 2 is 2.07 bits per heavy atom. The maximum atomic E-state index is 5.63. The van der Waals surface area contributed by atoms with E-state index < -0.39 is 5.79 Å². The van der Waals surface area contributed by atoms with Gasteiger partial charge in [-0.15, -0.1) is 0 Å². The van der Waals surface area contributed by atoms with Crippen LogP contribution >= 0.6 is 31.9 Å². The summed E-state index contributed by atoms with van der Waals surface area (Å²) in [5, 5.41) is 0. The first-order valence-electron chi connectivity index (χ1n) is 4.70. The van der Waals surface area contributed by atoms with Gasteiger partial charge in [0.1, 0.15) is 0 Å². The number of hydrogen-bond donors (Lipinski definition) is 0. The van der Waals surface area contributed by atoms with Crippen molar-refractivity contribution in [3.8, 4) is 0 Å². The number of aromatic nitrogens is 1. The van der Waals surface area contributed by atoms with Gasteiger partial charge in [-0.2, -0.15) is 0 Å². The Hall–Kier alpha value is 0.0300. The molecular weight excluding hydrogens is 326 g/mol. The molecule has 1 saturated heterocycles. The fourth-order valence-electron chi connectivity index (χ4n) is 1.70. The summed E-state index contributed by atoms with van der Waals surface area (Å²) in [5.74, 6) is -0.632. The quantitative estimate of drug-likeness (QED) is 0.777. The molecule has 1 fully saturated rings. The highest BCUT2D eigenvalue weighted by Crippen LogP contribution is 2.39. The summed E-state index contributed by atoms with van der Waals surface area (Å²) in [6.07, 6.45) is 3.79. The minimum absolute atomic E-state index is 0.0965. The van der Waals surface area contributed by atoms with Gasteiger partial charge in [-0.25, -0.2) is 4.98 Å². The average Bonchev–Trinajstić information content (AvgIpc) is 2.66. The van der Waals surface area contributed by atoms with Crippen molar-refractivity contribution in [2.45, 2.75) is 16.4 Å². The number of rotatable bonds is 2. The van der Waals surface area contributed by atoms with E-state index >= 15 is 0 Å². The Balaban J connectivity index is 2.42. The van der Waals surface area contributed by atoms with Crippen molar-refractivity contribution >= 4 is 31.9 Å². The van der Waals surface area contributed by atoms with E-state index in [1.54, 1.807) is 0 Å². The van der Waals surface area contributed by atoms with Crippen LogP contribution in [0.1, 0.15) is 21.8 Å². The summed E-state index contributed by atoms with van der Waals surface area (Å²) in [6, 6.07) is 2.00. The van der Waals surface area contributed by atoms with Gasteiger partial charge in [-0.3, -0.25) is 0 Å². The summed E-state index contributed by atoms with van der Waals surface area (Å²) < 4.78 is 11.4. The van der Waals surface area contributed by atoms with Crippen LogP contribution in [0.4, 0.5) is 0 Å². The topological polar surface area (TPSA) is 32.6 Å².